The molecule has 10 heteroatoms. The van der Waals surface area contributed by atoms with Crippen molar-refractivity contribution in [2.45, 2.75) is 25.8 Å². The molecule has 0 bridgehead atoms. The number of hydrogen-bond acceptors (Lipinski definition) is 7. The van der Waals surface area contributed by atoms with Gasteiger partial charge in [0.25, 0.3) is 0 Å². The van der Waals surface area contributed by atoms with E-state index in [-0.39, 0.29) is 29.7 Å². The Bertz CT molecular complexity index is 1330. The van der Waals surface area contributed by atoms with E-state index in [9.17, 15) is 13.2 Å². The Kier molecular flexibility index (Phi) is 4.86. The van der Waals surface area contributed by atoms with Crippen LogP contribution in [0, 0.1) is 24.7 Å². The maximum Gasteiger partial charge on any atom is 0.229 e. The third-order valence-electron chi connectivity index (χ3n) is 6.44. The zero-order valence-corrected chi connectivity index (χ0v) is 18.6. The lowest BCUT2D eigenvalue weighted by atomic mass is 10.1. The second kappa shape index (κ2) is 7.49. The average Bonchev–Trinajstić information content (AvgIpc) is 3.23. The van der Waals surface area contributed by atoms with Gasteiger partial charge in [0.15, 0.2) is 0 Å². The molecule has 2 aliphatic rings. The Hall–Kier alpha value is -3.11. The summed E-state index contributed by atoms with van der Waals surface area (Å²) in [7, 11) is -3.23. The number of aromatic nitrogens is 3. The van der Waals surface area contributed by atoms with E-state index < -0.39 is 10.0 Å². The van der Waals surface area contributed by atoms with Crippen LogP contribution in [0.3, 0.4) is 0 Å². The van der Waals surface area contributed by atoms with Crippen LogP contribution in [0.4, 0.5) is 11.6 Å². The number of fused-ring (bicyclic) bond motifs is 2. The molecule has 0 radical (unpaired) electrons. The van der Waals surface area contributed by atoms with Crippen LogP contribution >= 0.6 is 0 Å². The fourth-order valence-corrected chi connectivity index (χ4v) is 5.75. The zero-order chi connectivity index (χ0) is 22.6. The predicted molar refractivity (Wildman–Crippen MR) is 122 cm³/mol. The predicted octanol–water partition coefficient (Wildman–Crippen LogP) is 2.09. The van der Waals surface area contributed by atoms with E-state index in [0.29, 0.717) is 35.6 Å². The van der Waals surface area contributed by atoms with E-state index in [1.807, 2.05) is 19.1 Å². The van der Waals surface area contributed by atoms with Crippen molar-refractivity contribution in [2.75, 3.05) is 17.3 Å². The monoisotopic (exact) mass is 452 g/mol. The summed E-state index contributed by atoms with van der Waals surface area (Å²) in [6.07, 6.45) is 7.65. The summed E-state index contributed by atoms with van der Waals surface area (Å²) in [6.45, 7) is 1.99. The quantitative estimate of drug-likeness (QED) is 0.538. The van der Waals surface area contributed by atoms with Gasteiger partial charge in [-0.3, -0.25) is 9.78 Å². The summed E-state index contributed by atoms with van der Waals surface area (Å²) >= 11 is 0. The first-order chi connectivity index (χ1) is 15.2. The highest BCUT2D eigenvalue weighted by atomic mass is 32.2. The van der Waals surface area contributed by atoms with Crippen molar-refractivity contribution < 1.29 is 13.2 Å². The minimum atomic E-state index is -3.23. The van der Waals surface area contributed by atoms with Crippen LogP contribution in [0.2, 0.25) is 0 Å². The van der Waals surface area contributed by atoms with E-state index in [1.165, 1.54) is 0 Å². The number of carbonyl (C=O) groups excluding carboxylic acids is 1. The fourth-order valence-electron chi connectivity index (χ4n) is 4.95. The molecular weight excluding hydrogens is 428 g/mol. The number of amides is 1. The standard InChI is InChI=1S/C22H24N6O3S/c1-11-3-4-24-9-16(11)18-5-12-6-19(25-10-17(12)21(23)26-18)27-22(29)20-14-7-13(8-15(14)20)28-32(2,30)31/h3-6,9-10,13-15,20,28H,7-8H2,1-2H3,(H2,23,26)(H,25,27,29)/t13?,14-,15+,20?. The van der Waals surface area contributed by atoms with Gasteiger partial charge in [-0.1, -0.05) is 0 Å². The fraction of sp³-hybridized carbons (Fsp3) is 0.364. The maximum absolute atomic E-state index is 12.8. The highest BCUT2D eigenvalue weighted by Crippen LogP contribution is 2.57. The summed E-state index contributed by atoms with van der Waals surface area (Å²) in [6, 6.07) is 5.55. The van der Waals surface area contributed by atoms with Crippen LogP contribution < -0.4 is 15.8 Å². The first kappa shape index (κ1) is 20.8. The van der Waals surface area contributed by atoms with E-state index >= 15 is 0 Å². The maximum atomic E-state index is 12.8. The Morgan fingerprint density at radius 1 is 1.19 bits per heavy atom. The Morgan fingerprint density at radius 2 is 1.94 bits per heavy atom. The van der Waals surface area contributed by atoms with Gasteiger partial charge < -0.3 is 11.1 Å². The number of nitrogen functional groups attached to an aromatic ring is 1. The first-order valence-corrected chi connectivity index (χ1v) is 12.3. The number of rotatable bonds is 5. The molecule has 2 saturated carbocycles. The van der Waals surface area contributed by atoms with Gasteiger partial charge in [0.05, 0.1) is 11.9 Å². The number of pyridine rings is 3. The molecule has 4 N–H and O–H groups in total. The molecule has 5 rings (SSSR count). The van der Waals surface area contributed by atoms with Gasteiger partial charge in [-0.25, -0.2) is 23.1 Å². The number of hydrogen-bond donors (Lipinski definition) is 3. The van der Waals surface area contributed by atoms with E-state index in [2.05, 4.69) is 25.0 Å². The second-order valence-electron chi connectivity index (χ2n) is 8.78. The van der Waals surface area contributed by atoms with Gasteiger partial charge >= 0.3 is 0 Å². The summed E-state index contributed by atoms with van der Waals surface area (Å²) in [5, 5.41) is 4.46. The summed E-state index contributed by atoms with van der Waals surface area (Å²) in [4.78, 5) is 25.8. The molecule has 2 aliphatic carbocycles. The van der Waals surface area contributed by atoms with Gasteiger partial charge in [-0.15, -0.1) is 0 Å². The SMILES string of the molecule is Cc1ccncc1-c1cc2cc(NC(=O)C3[C@H]4CC(NS(C)(=O)=O)C[C@@H]34)ncc2c(N)n1. The Morgan fingerprint density at radius 3 is 2.62 bits per heavy atom. The van der Waals surface area contributed by atoms with Gasteiger partial charge in [-0.05, 0) is 60.7 Å². The lowest BCUT2D eigenvalue weighted by Gasteiger charge is -2.14. The molecule has 0 aliphatic heterocycles. The summed E-state index contributed by atoms with van der Waals surface area (Å²) < 4.78 is 25.5. The number of nitrogens with one attached hydrogen (secondary N) is 2. The largest absolute Gasteiger partial charge is 0.383 e. The number of nitrogens with zero attached hydrogens (tertiary/aromatic N) is 3. The Balaban J connectivity index is 1.33. The van der Waals surface area contributed by atoms with Crippen LogP contribution in [0.15, 0.2) is 36.8 Å². The van der Waals surface area contributed by atoms with Crippen molar-refractivity contribution in [1.82, 2.24) is 19.7 Å². The molecule has 2 unspecified atom stereocenters. The second-order valence-corrected chi connectivity index (χ2v) is 10.6. The molecule has 9 nitrogen and oxygen atoms in total. The van der Waals surface area contributed by atoms with Gasteiger partial charge in [0.2, 0.25) is 15.9 Å². The normalized spacial score (nSPS) is 24.3. The molecule has 166 valence electrons. The van der Waals surface area contributed by atoms with Crippen LogP contribution in [-0.2, 0) is 14.8 Å². The van der Waals surface area contributed by atoms with Gasteiger partial charge in [-0.2, -0.15) is 0 Å². The molecule has 3 aromatic rings. The lowest BCUT2D eigenvalue weighted by Crippen LogP contribution is -2.34. The molecule has 1 amide bonds. The molecule has 3 aromatic heterocycles. The number of carbonyl (C=O) groups is 1. The van der Waals surface area contributed by atoms with Crippen molar-refractivity contribution in [3.8, 4) is 11.3 Å². The molecule has 4 atom stereocenters. The third kappa shape index (κ3) is 3.91. The molecule has 0 saturated heterocycles. The number of anilines is 2. The minimum Gasteiger partial charge on any atom is -0.383 e. The average molecular weight is 453 g/mol. The van der Waals surface area contributed by atoms with Crippen molar-refractivity contribution in [2.24, 2.45) is 17.8 Å². The summed E-state index contributed by atoms with van der Waals surface area (Å²) in [5.74, 6) is 1.09. The minimum absolute atomic E-state index is 0.0741. The van der Waals surface area contributed by atoms with E-state index in [0.717, 1.165) is 22.8 Å². The van der Waals surface area contributed by atoms with Gasteiger partial charge in [0.1, 0.15) is 11.6 Å². The third-order valence-corrected chi connectivity index (χ3v) is 7.20. The van der Waals surface area contributed by atoms with Crippen LogP contribution in [0.5, 0.6) is 0 Å². The lowest BCUT2D eigenvalue weighted by molar-refractivity contribution is -0.118. The molecular formula is C22H24N6O3S. The zero-order valence-electron chi connectivity index (χ0n) is 17.7. The van der Waals surface area contributed by atoms with Crippen molar-refractivity contribution in [3.63, 3.8) is 0 Å². The number of aryl methyl sites for hydroxylation is 1. The van der Waals surface area contributed by atoms with Crippen molar-refractivity contribution >= 4 is 38.3 Å². The van der Waals surface area contributed by atoms with Crippen LogP contribution in [0.25, 0.3) is 22.0 Å². The summed E-state index contributed by atoms with van der Waals surface area (Å²) in [5.41, 5.74) is 8.81. The van der Waals surface area contributed by atoms with Gasteiger partial charge in [0, 0.05) is 41.5 Å². The van der Waals surface area contributed by atoms with Crippen molar-refractivity contribution in [1.29, 1.82) is 0 Å². The Labute approximate surface area is 185 Å². The highest BCUT2D eigenvalue weighted by molar-refractivity contribution is 7.88. The van der Waals surface area contributed by atoms with E-state index in [1.54, 1.807) is 24.7 Å². The number of nitrogens with two attached hydrogens (primary N) is 1. The molecule has 3 heterocycles. The molecule has 0 aromatic carbocycles. The first-order valence-electron chi connectivity index (χ1n) is 10.4. The van der Waals surface area contributed by atoms with E-state index in [4.69, 9.17) is 5.73 Å². The van der Waals surface area contributed by atoms with Crippen molar-refractivity contribution in [3.05, 3.63) is 42.4 Å². The van der Waals surface area contributed by atoms with Crippen LogP contribution in [-0.4, -0.2) is 41.6 Å². The molecule has 2 fully saturated rings. The topological polar surface area (TPSA) is 140 Å². The molecule has 0 spiro atoms. The van der Waals surface area contributed by atoms with Crippen LogP contribution in [0.1, 0.15) is 18.4 Å². The highest BCUT2D eigenvalue weighted by Gasteiger charge is 2.59. The smallest absolute Gasteiger partial charge is 0.229 e. The number of sulfonamides is 1. The molecule has 32 heavy (non-hydrogen) atoms.